The Morgan fingerprint density at radius 1 is 1.17 bits per heavy atom. The zero-order valence-corrected chi connectivity index (χ0v) is 14.4. The minimum atomic E-state index is -0.326. The lowest BCUT2D eigenvalue weighted by molar-refractivity contribution is 0.0997. The summed E-state index contributed by atoms with van der Waals surface area (Å²) in [5.74, 6) is -0.308. The number of ketones is 1. The van der Waals surface area contributed by atoms with E-state index < -0.39 is 0 Å². The van der Waals surface area contributed by atoms with E-state index in [4.69, 9.17) is 0 Å². The molecule has 0 aliphatic heterocycles. The molecule has 0 aliphatic carbocycles. The molecule has 6 heteroatoms. The highest BCUT2D eigenvalue weighted by Gasteiger charge is 2.13. The van der Waals surface area contributed by atoms with Gasteiger partial charge in [0.2, 0.25) is 0 Å². The molecule has 0 atom stereocenters. The van der Waals surface area contributed by atoms with Crippen LogP contribution >= 0.6 is 59.1 Å². The summed E-state index contributed by atoms with van der Waals surface area (Å²) >= 11 is 11.2. The third-order valence-electron chi connectivity index (χ3n) is 2.27. The first-order valence-corrected chi connectivity index (χ1v) is 8.09. The van der Waals surface area contributed by atoms with Gasteiger partial charge in [-0.25, -0.2) is 4.39 Å². The summed E-state index contributed by atoms with van der Waals surface area (Å²) in [5.41, 5.74) is 0.786. The van der Waals surface area contributed by atoms with E-state index in [-0.39, 0.29) is 18.0 Å². The lowest BCUT2D eigenvalue weighted by Gasteiger charge is -2.01. The molecule has 18 heavy (non-hydrogen) atoms. The fraction of sp³-hybridized carbons (Fsp3) is 0.0833. The van der Waals surface area contributed by atoms with Crippen molar-refractivity contribution in [1.82, 2.24) is 0 Å². The van der Waals surface area contributed by atoms with Gasteiger partial charge in [0.1, 0.15) is 5.82 Å². The number of Topliss-reactive ketones (excluding diaryl/α,β-unsaturated/α-hetero) is 1. The van der Waals surface area contributed by atoms with Crippen molar-refractivity contribution in [3.05, 3.63) is 53.3 Å². The van der Waals surface area contributed by atoms with Gasteiger partial charge >= 0.3 is 0 Å². The third kappa shape index (κ3) is 3.29. The Bertz CT molecular complexity index is 590. The van der Waals surface area contributed by atoms with Crippen molar-refractivity contribution < 1.29 is 9.18 Å². The third-order valence-corrected chi connectivity index (χ3v) is 6.17. The van der Waals surface area contributed by atoms with Gasteiger partial charge in [0.15, 0.2) is 5.78 Å². The van der Waals surface area contributed by atoms with Crippen LogP contribution in [0, 0.1) is 5.82 Å². The van der Waals surface area contributed by atoms with Crippen molar-refractivity contribution in [2.75, 3.05) is 0 Å². The Morgan fingerprint density at radius 3 is 2.44 bits per heavy atom. The average molecular weight is 457 g/mol. The van der Waals surface area contributed by atoms with E-state index in [1.807, 2.05) is 0 Å². The average Bonchev–Trinajstić information content (AvgIpc) is 2.65. The molecule has 1 aromatic heterocycles. The van der Waals surface area contributed by atoms with Gasteiger partial charge in [-0.2, -0.15) is 0 Å². The maximum Gasteiger partial charge on any atom is 0.177 e. The van der Waals surface area contributed by atoms with Gasteiger partial charge in [0.25, 0.3) is 0 Å². The molecule has 0 bridgehead atoms. The second kappa shape index (κ2) is 5.94. The predicted molar refractivity (Wildman–Crippen MR) is 81.9 cm³/mol. The van der Waals surface area contributed by atoms with E-state index in [9.17, 15) is 9.18 Å². The van der Waals surface area contributed by atoms with Crippen LogP contribution in [0.15, 0.2) is 37.0 Å². The molecule has 0 spiro atoms. The molecule has 0 fully saturated rings. The summed E-state index contributed by atoms with van der Waals surface area (Å²) in [6.45, 7) is 0. The lowest BCUT2D eigenvalue weighted by atomic mass is 10.1. The highest BCUT2D eigenvalue weighted by molar-refractivity contribution is 9.13. The number of hydrogen-bond acceptors (Lipinski definition) is 2. The van der Waals surface area contributed by atoms with Crippen LogP contribution in [0.5, 0.6) is 0 Å². The monoisotopic (exact) mass is 454 g/mol. The summed E-state index contributed by atoms with van der Waals surface area (Å²) in [6.07, 6.45) is 0.262. The van der Waals surface area contributed by atoms with Gasteiger partial charge in [0.05, 0.1) is 13.1 Å². The van der Waals surface area contributed by atoms with Crippen LogP contribution in [-0.2, 0) is 6.42 Å². The molecule has 0 saturated heterocycles. The molecular weight excluding hydrogens is 451 g/mol. The number of carbonyl (C=O) groups is 1. The molecule has 0 unspecified atom stereocenters. The van der Waals surface area contributed by atoms with Gasteiger partial charge in [-0.1, -0.05) is 6.07 Å². The smallest absolute Gasteiger partial charge is 0.177 e. The van der Waals surface area contributed by atoms with E-state index in [1.54, 1.807) is 18.2 Å². The molecule has 94 valence electrons. The predicted octanol–water partition coefficient (Wildman–Crippen LogP) is 5.60. The maximum atomic E-state index is 13.1. The van der Waals surface area contributed by atoms with Crippen molar-refractivity contribution in [3.8, 4) is 0 Å². The van der Waals surface area contributed by atoms with Gasteiger partial charge in [-0.3, -0.25) is 4.79 Å². The lowest BCUT2D eigenvalue weighted by Crippen LogP contribution is -2.01. The largest absolute Gasteiger partial charge is 0.293 e. The first-order valence-electron chi connectivity index (χ1n) is 4.89. The number of carbonyl (C=O) groups excluding carboxylic acids is 1. The second-order valence-electron chi connectivity index (χ2n) is 3.58. The summed E-state index contributed by atoms with van der Waals surface area (Å²) in [4.78, 5) is 12.7. The van der Waals surface area contributed by atoms with Crippen molar-refractivity contribution in [2.45, 2.75) is 6.42 Å². The molecule has 1 nitrogen and oxygen atoms in total. The Kier molecular flexibility index (Phi) is 4.75. The van der Waals surface area contributed by atoms with Gasteiger partial charge < -0.3 is 0 Å². The van der Waals surface area contributed by atoms with Crippen LogP contribution in [0.1, 0.15) is 15.2 Å². The Labute approximate surface area is 133 Å². The molecule has 1 heterocycles. The Morgan fingerprint density at radius 2 is 1.89 bits per heavy atom. The van der Waals surface area contributed by atoms with Crippen molar-refractivity contribution in [3.63, 3.8) is 0 Å². The summed E-state index contributed by atoms with van der Waals surface area (Å²) in [7, 11) is 0. The highest BCUT2D eigenvalue weighted by Crippen LogP contribution is 2.33. The zero-order chi connectivity index (χ0) is 13.3. The molecular formula is C12H6Br3FOS. The Hall–Kier alpha value is -0.0400. The van der Waals surface area contributed by atoms with E-state index in [1.165, 1.54) is 17.4 Å². The zero-order valence-electron chi connectivity index (χ0n) is 8.84. The molecule has 2 aromatic rings. The highest BCUT2D eigenvalue weighted by atomic mass is 79.9. The molecule has 0 amide bonds. The number of rotatable bonds is 3. The SMILES string of the molecule is O=C(Cc1ccc(F)c(Br)c1)c1cc(Br)c(Br)s1. The van der Waals surface area contributed by atoms with Crippen molar-refractivity contribution in [2.24, 2.45) is 0 Å². The van der Waals surface area contributed by atoms with Crippen LogP contribution in [0.25, 0.3) is 0 Å². The van der Waals surface area contributed by atoms with E-state index in [0.29, 0.717) is 9.35 Å². The minimum absolute atomic E-state index is 0.0184. The van der Waals surface area contributed by atoms with Crippen molar-refractivity contribution in [1.29, 1.82) is 0 Å². The Balaban J connectivity index is 2.18. The quantitative estimate of drug-likeness (QED) is 0.549. The van der Waals surface area contributed by atoms with Crippen LogP contribution in [0.3, 0.4) is 0 Å². The number of benzene rings is 1. The van der Waals surface area contributed by atoms with Crippen LogP contribution in [-0.4, -0.2) is 5.78 Å². The molecule has 0 saturated carbocycles. The van der Waals surface area contributed by atoms with Gasteiger partial charge in [0, 0.05) is 10.9 Å². The standard InChI is InChI=1S/C12H6Br3FOS/c13-7-3-6(1-2-9(7)16)4-10(17)11-5-8(14)12(15)18-11/h1-3,5H,4H2. The second-order valence-corrected chi connectivity index (χ2v) is 7.66. The fourth-order valence-electron chi connectivity index (χ4n) is 1.41. The number of halogens is 4. The minimum Gasteiger partial charge on any atom is -0.293 e. The van der Waals surface area contributed by atoms with Crippen LogP contribution < -0.4 is 0 Å². The van der Waals surface area contributed by atoms with Crippen molar-refractivity contribution >= 4 is 64.9 Å². The van der Waals surface area contributed by atoms with Gasteiger partial charge in [-0.15, -0.1) is 11.3 Å². The van der Waals surface area contributed by atoms with Crippen LogP contribution in [0.4, 0.5) is 4.39 Å². The molecule has 2 rings (SSSR count). The molecule has 0 N–H and O–H groups in total. The van der Waals surface area contributed by atoms with E-state index in [2.05, 4.69) is 47.8 Å². The summed E-state index contributed by atoms with van der Waals surface area (Å²) in [6, 6.07) is 6.39. The molecule has 0 aliphatic rings. The summed E-state index contributed by atoms with van der Waals surface area (Å²) in [5, 5.41) is 0. The normalized spacial score (nSPS) is 10.7. The van der Waals surface area contributed by atoms with Crippen LogP contribution in [0.2, 0.25) is 0 Å². The maximum absolute atomic E-state index is 13.1. The number of hydrogen-bond donors (Lipinski definition) is 0. The fourth-order valence-corrected chi connectivity index (χ4v) is 3.81. The molecule has 0 radical (unpaired) electrons. The summed E-state index contributed by atoms with van der Waals surface area (Å²) < 4.78 is 15.2. The first kappa shape index (κ1) is 14.4. The first-order chi connectivity index (χ1) is 8.47. The topological polar surface area (TPSA) is 17.1 Å². The van der Waals surface area contributed by atoms with E-state index >= 15 is 0 Å². The van der Waals surface area contributed by atoms with Gasteiger partial charge in [-0.05, 0) is 71.6 Å². The molecule has 1 aromatic carbocycles. The van der Waals surface area contributed by atoms with E-state index in [0.717, 1.165) is 13.8 Å². The number of thiophene rings is 1.